The number of rotatable bonds is 6. The largest absolute Gasteiger partial charge is 0.352 e. The van der Waals surface area contributed by atoms with Crippen molar-refractivity contribution in [3.8, 4) is 0 Å². The summed E-state index contributed by atoms with van der Waals surface area (Å²) < 4.78 is 1.73. The van der Waals surface area contributed by atoms with Gasteiger partial charge in [0, 0.05) is 36.5 Å². The Hall–Kier alpha value is -2.63. The van der Waals surface area contributed by atoms with Crippen molar-refractivity contribution in [1.82, 2.24) is 20.4 Å². The summed E-state index contributed by atoms with van der Waals surface area (Å²) in [5, 5.41) is 10.1. The Bertz CT molecular complexity index is 736. The number of amides is 2. The standard InChI is InChI=1S/C18H24N4O2/c1-5-9-19-17(23)14-7-6-8-15(10-14)18(24)20-12(2)16-11-22(4)21-13(16)3/h6-8,10-12H,5,9H2,1-4H3,(H,19,23)(H,20,24)/t12-/m0/s1. The molecular formula is C18H24N4O2. The summed E-state index contributed by atoms with van der Waals surface area (Å²) in [7, 11) is 1.85. The number of carbonyl (C=O) groups is 2. The van der Waals surface area contributed by atoms with Crippen molar-refractivity contribution in [2.75, 3.05) is 6.54 Å². The van der Waals surface area contributed by atoms with Crippen molar-refractivity contribution in [1.29, 1.82) is 0 Å². The molecule has 1 aromatic carbocycles. The summed E-state index contributed by atoms with van der Waals surface area (Å²) in [5.41, 5.74) is 2.81. The number of nitrogens with one attached hydrogen (secondary N) is 2. The highest BCUT2D eigenvalue weighted by Gasteiger charge is 2.16. The van der Waals surface area contributed by atoms with Crippen LogP contribution in [0.2, 0.25) is 0 Å². The van der Waals surface area contributed by atoms with Crippen molar-refractivity contribution in [3.05, 3.63) is 52.8 Å². The number of carbonyl (C=O) groups excluding carboxylic acids is 2. The first-order chi connectivity index (χ1) is 11.4. The number of aryl methyl sites for hydroxylation is 2. The molecule has 0 saturated carbocycles. The Morgan fingerprint density at radius 2 is 1.92 bits per heavy atom. The molecule has 2 N–H and O–H groups in total. The lowest BCUT2D eigenvalue weighted by molar-refractivity contribution is 0.0939. The van der Waals surface area contributed by atoms with Gasteiger partial charge in [-0.05, 0) is 38.5 Å². The van der Waals surface area contributed by atoms with Crippen LogP contribution in [-0.4, -0.2) is 28.1 Å². The third-order valence-electron chi connectivity index (χ3n) is 3.79. The van der Waals surface area contributed by atoms with Crippen LogP contribution >= 0.6 is 0 Å². The summed E-state index contributed by atoms with van der Waals surface area (Å²) in [6, 6.07) is 6.58. The highest BCUT2D eigenvalue weighted by atomic mass is 16.2. The molecule has 128 valence electrons. The van der Waals surface area contributed by atoms with E-state index in [0.29, 0.717) is 17.7 Å². The first-order valence-corrected chi connectivity index (χ1v) is 8.11. The number of hydrogen-bond donors (Lipinski definition) is 2. The zero-order chi connectivity index (χ0) is 17.7. The van der Waals surface area contributed by atoms with Crippen molar-refractivity contribution in [2.24, 2.45) is 7.05 Å². The maximum absolute atomic E-state index is 12.5. The summed E-state index contributed by atoms with van der Waals surface area (Å²) in [4.78, 5) is 24.5. The van der Waals surface area contributed by atoms with Crippen LogP contribution in [0, 0.1) is 6.92 Å². The number of benzene rings is 1. The zero-order valence-electron chi connectivity index (χ0n) is 14.6. The minimum atomic E-state index is -0.212. The van der Waals surface area contributed by atoms with E-state index in [-0.39, 0.29) is 17.9 Å². The van der Waals surface area contributed by atoms with Crippen LogP contribution in [0.5, 0.6) is 0 Å². The number of nitrogens with zero attached hydrogens (tertiary/aromatic N) is 2. The molecule has 2 rings (SSSR count). The summed E-state index contributed by atoms with van der Waals surface area (Å²) in [6.45, 7) is 6.44. The van der Waals surface area contributed by atoms with E-state index in [1.165, 1.54) is 0 Å². The highest BCUT2D eigenvalue weighted by Crippen LogP contribution is 2.16. The third-order valence-corrected chi connectivity index (χ3v) is 3.79. The molecular weight excluding hydrogens is 304 g/mol. The van der Waals surface area contributed by atoms with Gasteiger partial charge in [-0.3, -0.25) is 14.3 Å². The molecule has 0 spiro atoms. The fraction of sp³-hybridized carbons (Fsp3) is 0.389. The third kappa shape index (κ3) is 4.22. The fourth-order valence-electron chi connectivity index (χ4n) is 2.54. The average molecular weight is 328 g/mol. The van der Waals surface area contributed by atoms with Gasteiger partial charge in [-0.2, -0.15) is 5.10 Å². The van der Waals surface area contributed by atoms with E-state index in [2.05, 4.69) is 15.7 Å². The van der Waals surface area contributed by atoms with Crippen LogP contribution in [0.4, 0.5) is 0 Å². The molecule has 0 aliphatic carbocycles. The molecule has 1 atom stereocenters. The second kappa shape index (κ2) is 7.77. The van der Waals surface area contributed by atoms with Gasteiger partial charge in [0.15, 0.2) is 0 Å². The highest BCUT2D eigenvalue weighted by molar-refractivity contribution is 5.99. The molecule has 6 nitrogen and oxygen atoms in total. The molecule has 1 aromatic heterocycles. The molecule has 0 radical (unpaired) electrons. The van der Waals surface area contributed by atoms with Gasteiger partial charge < -0.3 is 10.6 Å². The minimum absolute atomic E-state index is 0.163. The topological polar surface area (TPSA) is 76.0 Å². The van der Waals surface area contributed by atoms with E-state index in [1.807, 2.05) is 34.0 Å². The van der Waals surface area contributed by atoms with Gasteiger partial charge in [0.25, 0.3) is 11.8 Å². The molecule has 24 heavy (non-hydrogen) atoms. The Labute approximate surface area is 142 Å². The maximum atomic E-state index is 12.5. The lowest BCUT2D eigenvalue weighted by Crippen LogP contribution is -2.28. The van der Waals surface area contributed by atoms with Crippen LogP contribution in [-0.2, 0) is 7.05 Å². The first kappa shape index (κ1) is 17.7. The van der Waals surface area contributed by atoms with E-state index in [1.54, 1.807) is 28.9 Å². The van der Waals surface area contributed by atoms with Crippen LogP contribution < -0.4 is 10.6 Å². The van der Waals surface area contributed by atoms with Gasteiger partial charge in [-0.25, -0.2) is 0 Å². The predicted octanol–water partition coefficient (Wildman–Crippen LogP) is 2.36. The van der Waals surface area contributed by atoms with Crippen molar-refractivity contribution in [2.45, 2.75) is 33.2 Å². The molecule has 0 saturated heterocycles. The maximum Gasteiger partial charge on any atom is 0.251 e. The lowest BCUT2D eigenvalue weighted by atomic mass is 10.1. The van der Waals surface area contributed by atoms with Gasteiger partial charge in [0.05, 0.1) is 11.7 Å². The summed E-state index contributed by atoms with van der Waals surface area (Å²) in [6.07, 6.45) is 2.77. The van der Waals surface area contributed by atoms with Crippen LogP contribution in [0.25, 0.3) is 0 Å². The molecule has 2 amide bonds. The van der Waals surface area contributed by atoms with E-state index < -0.39 is 0 Å². The number of aromatic nitrogens is 2. The minimum Gasteiger partial charge on any atom is -0.352 e. The molecule has 0 unspecified atom stereocenters. The Morgan fingerprint density at radius 3 is 2.50 bits per heavy atom. The molecule has 0 fully saturated rings. The predicted molar refractivity (Wildman–Crippen MR) is 92.9 cm³/mol. The molecule has 1 heterocycles. The SMILES string of the molecule is CCCNC(=O)c1cccc(C(=O)N[C@@H](C)c2cn(C)nc2C)c1. The Kier molecular flexibility index (Phi) is 5.73. The Balaban J connectivity index is 2.09. The van der Waals surface area contributed by atoms with Crippen LogP contribution in [0.3, 0.4) is 0 Å². The zero-order valence-corrected chi connectivity index (χ0v) is 14.6. The molecule has 0 bridgehead atoms. The van der Waals surface area contributed by atoms with Crippen LogP contribution in [0.1, 0.15) is 58.3 Å². The van der Waals surface area contributed by atoms with Crippen molar-refractivity contribution >= 4 is 11.8 Å². The molecule has 0 aliphatic rings. The summed E-state index contributed by atoms with van der Waals surface area (Å²) >= 11 is 0. The van der Waals surface area contributed by atoms with Crippen LogP contribution in [0.15, 0.2) is 30.5 Å². The van der Waals surface area contributed by atoms with Gasteiger partial charge in [-0.1, -0.05) is 13.0 Å². The molecule has 0 aliphatic heterocycles. The van der Waals surface area contributed by atoms with Gasteiger partial charge in [0.2, 0.25) is 0 Å². The monoisotopic (exact) mass is 328 g/mol. The fourth-order valence-corrected chi connectivity index (χ4v) is 2.54. The van der Waals surface area contributed by atoms with E-state index in [0.717, 1.165) is 17.7 Å². The second-order valence-electron chi connectivity index (χ2n) is 5.88. The van der Waals surface area contributed by atoms with Gasteiger partial charge in [-0.15, -0.1) is 0 Å². The van der Waals surface area contributed by atoms with Crippen molar-refractivity contribution < 1.29 is 9.59 Å². The first-order valence-electron chi connectivity index (χ1n) is 8.11. The smallest absolute Gasteiger partial charge is 0.251 e. The van der Waals surface area contributed by atoms with E-state index >= 15 is 0 Å². The van der Waals surface area contributed by atoms with Gasteiger partial charge >= 0.3 is 0 Å². The van der Waals surface area contributed by atoms with Gasteiger partial charge in [0.1, 0.15) is 0 Å². The van der Waals surface area contributed by atoms with Crippen molar-refractivity contribution in [3.63, 3.8) is 0 Å². The second-order valence-corrected chi connectivity index (χ2v) is 5.88. The molecule has 2 aromatic rings. The molecule has 6 heteroatoms. The normalized spacial score (nSPS) is 11.8. The van der Waals surface area contributed by atoms with E-state index in [9.17, 15) is 9.59 Å². The van der Waals surface area contributed by atoms with E-state index in [4.69, 9.17) is 0 Å². The summed E-state index contributed by atoms with van der Waals surface area (Å²) in [5.74, 6) is -0.376. The average Bonchev–Trinajstić information content (AvgIpc) is 2.91. The Morgan fingerprint density at radius 1 is 1.25 bits per heavy atom. The quantitative estimate of drug-likeness (QED) is 0.855. The number of hydrogen-bond acceptors (Lipinski definition) is 3. The lowest BCUT2D eigenvalue weighted by Gasteiger charge is -2.14.